The van der Waals surface area contributed by atoms with Crippen molar-refractivity contribution >= 4 is 29.3 Å². The monoisotopic (exact) mass is 507 g/mol. The first-order valence-electron chi connectivity index (χ1n) is 12.9. The van der Waals surface area contributed by atoms with Gasteiger partial charge in [-0.1, -0.05) is 25.3 Å². The van der Waals surface area contributed by atoms with Crippen LogP contribution in [0.4, 0.5) is 10.1 Å². The van der Waals surface area contributed by atoms with Gasteiger partial charge >= 0.3 is 5.97 Å². The van der Waals surface area contributed by atoms with Gasteiger partial charge in [-0.05, 0) is 65.4 Å². The molecule has 2 aliphatic carbocycles. The third-order valence-corrected chi connectivity index (χ3v) is 7.44. The number of nitrogens with zero attached hydrogens (tertiary/aromatic N) is 1. The van der Waals surface area contributed by atoms with E-state index >= 15 is 0 Å². The number of allylic oxidation sites excluding steroid dienone is 1. The van der Waals surface area contributed by atoms with E-state index in [9.17, 15) is 23.9 Å². The van der Waals surface area contributed by atoms with Crippen molar-refractivity contribution in [3.05, 3.63) is 69.5 Å². The second-order valence-corrected chi connectivity index (χ2v) is 9.87. The number of rotatable bonds is 10. The Labute approximate surface area is 216 Å². The molecular formula is C29H34FN3O4. The standard InChI is InChI=1S/C29H34FN3O4/c1-32-26-15-22(30)12-20-13-25(28(35)16-24(20)26)27(34)14-18-7-8-19(29(36)37)11-21(18)17-33(10-9-31)23-5-3-2-4-6-23/h7-8,11-13,15,23,32H,2-6,9-10,14,16-17,31H2,1H3,(H,36,37). The van der Waals surface area contributed by atoms with Crippen LogP contribution in [0.25, 0.3) is 6.08 Å². The lowest BCUT2D eigenvalue weighted by atomic mass is 9.86. The Balaban J connectivity index is 1.64. The van der Waals surface area contributed by atoms with Crippen molar-refractivity contribution in [1.82, 2.24) is 4.90 Å². The van der Waals surface area contributed by atoms with Gasteiger partial charge in [0.05, 0.1) is 11.1 Å². The number of hydrogen-bond acceptors (Lipinski definition) is 6. The Morgan fingerprint density at radius 1 is 1.14 bits per heavy atom. The molecule has 0 spiro atoms. The van der Waals surface area contributed by atoms with Crippen molar-refractivity contribution in [2.45, 2.75) is 57.5 Å². The number of hydrogen-bond donors (Lipinski definition) is 3. The first-order valence-corrected chi connectivity index (χ1v) is 12.9. The summed E-state index contributed by atoms with van der Waals surface area (Å²) in [5.41, 5.74) is 9.24. The predicted molar refractivity (Wildman–Crippen MR) is 141 cm³/mol. The number of benzene rings is 2. The molecule has 0 amide bonds. The Bertz CT molecular complexity index is 1230. The van der Waals surface area contributed by atoms with Gasteiger partial charge in [-0.15, -0.1) is 0 Å². The van der Waals surface area contributed by atoms with Crippen LogP contribution in [0.15, 0.2) is 35.9 Å². The molecule has 1 saturated carbocycles. The first-order chi connectivity index (χ1) is 17.8. The molecule has 0 atom stereocenters. The molecule has 0 unspecified atom stereocenters. The van der Waals surface area contributed by atoms with Gasteiger partial charge in [-0.2, -0.15) is 0 Å². The summed E-state index contributed by atoms with van der Waals surface area (Å²) in [7, 11) is 1.66. The number of anilines is 1. The molecule has 0 heterocycles. The van der Waals surface area contributed by atoms with Gasteiger partial charge in [0.1, 0.15) is 5.82 Å². The molecule has 7 nitrogen and oxygen atoms in total. The second-order valence-electron chi connectivity index (χ2n) is 9.87. The zero-order chi connectivity index (χ0) is 26.5. The highest BCUT2D eigenvalue weighted by atomic mass is 19.1. The predicted octanol–water partition coefficient (Wildman–Crippen LogP) is 3.98. The molecular weight excluding hydrogens is 473 g/mol. The van der Waals surface area contributed by atoms with Gasteiger partial charge in [0.15, 0.2) is 11.6 Å². The molecule has 0 aliphatic heterocycles. The van der Waals surface area contributed by atoms with Gasteiger partial charge in [-0.3, -0.25) is 14.5 Å². The van der Waals surface area contributed by atoms with Crippen LogP contribution in [0.3, 0.4) is 0 Å². The zero-order valence-corrected chi connectivity index (χ0v) is 21.2. The minimum atomic E-state index is -1.04. The van der Waals surface area contributed by atoms with E-state index in [1.807, 2.05) is 0 Å². The number of carbonyl (C=O) groups is 3. The van der Waals surface area contributed by atoms with Crippen molar-refractivity contribution in [3.8, 4) is 0 Å². The molecule has 0 radical (unpaired) electrons. The van der Waals surface area contributed by atoms with Crippen LogP contribution < -0.4 is 11.1 Å². The highest BCUT2D eigenvalue weighted by molar-refractivity contribution is 6.25. The molecule has 4 rings (SSSR count). The maximum Gasteiger partial charge on any atom is 0.335 e. The van der Waals surface area contributed by atoms with E-state index in [1.54, 1.807) is 19.2 Å². The number of carboxylic acids is 1. The lowest BCUT2D eigenvalue weighted by Gasteiger charge is -2.34. The number of nitrogens with one attached hydrogen (secondary N) is 1. The second kappa shape index (κ2) is 11.8. The molecule has 0 saturated heterocycles. The Morgan fingerprint density at radius 3 is 2.57 bits per heavy atom. The maximum atomic E-state index is 14.1. The third-order valence-electron chi connectivity index (χ3n) is 7.44. The van der Waals surface area contributed by atoms with Crippen molar-refractivity contribution in [2.24, 2.45) is 5.73 Å². The van der Waals surface area contributed by atoms with Gasteiger partial charge in [-0.25, -0.2) is 9.18 Å². The normalized spacial score (nSPS) is 15.9. The lowest BCUT2D eigenvalue weighted by Crippen LogP contribution is -2.39. The molecule has 37 heavy (non-hydrogen) atoms. The molecule has 0 aromatic heterocycles. The van der Waals surface area contributed by atoms with E-state index < -0.39 is 11.8 Å². The van der Waals surface area contributed by atoms with Crippen LogP contribution in [0.1, 0.15) is 64.7 Å². The third kappa shape index (κ3) is 6.14. The van der Waals surface area contributed by atoms with Crippen LogP contribution in [-0.4, -0.2) is 53.7 Å². The van der Waals surface area contributed by atoms with Crippen molar-refractivity contribution < 1.29 is 23.9 Å². The fourth-order valence-electron chi connectivity index (χ4n) is 5.50. The number of halogens is 1. The summed E-state index contributed by atoms with van der Waals surface area (Å²) in [6, 6.07) is 7.81. The Morgan fingerprint density at radius 2 is 1.89 bits per heavy atom. The SMILES string of the molecule is CNc1cc(F)cc2c1CC(=O)C(C(=O)Cc1ccc(C(=O)O)cc1CN(CCN)C1CCCCC1)=C2. The zero-order valence-electron chi connectivity index (χ0n) is 21.2. The molecule has 8 heteroatoms. The number of carboxylic acid groups (broad SMARTS) is 1. The summed E-state index contributed by atoms with van der Waals surface area (Å²) in [6.45, 7) is 1.64. The molecule has 4 N–H and O–H groups in total. The van der Waals surface area contributed by atoms with Crippen molar-refractivity contribution in [2.75, 3.05) is 25.5 Å². The smallest absolute Gasteiger partial charge is 0.335 e. The highest BCUT2D eigenvalue weighted by Crippen LogP contribution is 2.31. The summed E-state index contributed by atoms with van der Waals surface area (Å²) < 4.78 is 14.1. The number of aromatic carboxylic acids is 1. The number of nitrogens with two attached hydrogens (primary N) is 1. The van der Waals surface area contributed by atoms with E-state index in [0.717, 1.165) is 31.2 Å². The van der Waals surface area contributed by atoms with Crippen molar-refractivity contribution in [1.29, 1.82) is 0 Å². The molecule has 2 aromatic rings. The summed E-state index contributed by atoms with van der Waals surface area (Å²) >= 11 is 0. The number of Topliss-reactive ketones (excluding diaryl/α,β-unsaturated/α-hetero) is 2. The van der Waals surface area contributed by atoms with E-state index in [0.29, 0.717) is 48.1 Å². The van der Waals surface area contributed by atoms with E-state index in [4.69, 9.17) is 5.73 Å². The Kier molecular flexibility index (Phi) is 8.51. The van der Waals surface area contributed by atoms with Crippen LogP contribution in [0.2, 0.25) is 0 Å². The van der Waals surface area contributed by atoms with Crippen LogP contribution >= 0.6 is 0 Å². The van der Waals surface area contributed by atoms with Gasteiger partial charge in [0.2, 0.25) is 0 Å². The Hall–Kier alpha value is -3.36. The number of carbonyl (C=O) groups excluding carboxylic acids is 2. The van der Waals surface area contributed by atoms with Crippen LogP contribution in [0.5, 0.6) is 0 Å². The van der Waals surface area contributed by atoms with Crippen LogP contribution in [0, 0.1) is 5.82 Å². The first kappa shape index (κ1) is 26.7. The molecule has 2 aliphatic rings. The minimum absolute atomic E-state index is 0.0140. The minimum Gasteiger partial charge on any atom is -0.478 e. The van der Waals surface area contributed by atoms with Gasteiger partial charge < -0.3 is 16.2 Å². The van der Waals surface area contributed by atoms with E-state index in [1.165, 1.54) is 30.7 Å². The fourth-order valence-corrected chi connectivity index (χ4v) is 5.50. The summed E-state index contributed by atoms with van der Waals surface area (Å²) in [5.74, 6) is -2.16. The summed E-state index contributed by atoms with van der Waals surface area (Å²) in [6.07, 6.45) is 7.10. The molecule has 2 aromatic carbocycles. The average Bonchev–Trinajstić information content (AvgIpc) is 2.89. The largest absolute Gasteiger partial charge is 0.478 e. The van der Waals surface area contributed by atoms with Crippen molar-refractivity contribution in [3.63, 3.8) is 0 Å². The van der Waals surface area contributed by atoms with Gasteiger partial charge in [0.25, 0.3) is 0 Å². The van der Waals surface area contributed by atoms with Crippen LogP contribution in [-0.2, 0) is 29.0 Å². The fraction of sp³-hybridized carbons (Fsp3) is 0.414. The quantitative estimate of drug-likeness (QED) is 0.417. The number of ketones is 2. The summed E-state index contributed by atoms with van der Waals surface area (Å²) in [4.78, 5) is 40.3. The number of fused-ring (bicyclic) bond motifs is 1. The topological polar surface area (TPSA) is 113 Å². The average molecular weight is 508 g/mol. The molecule has 196 valence electrons. The van der Waals surface area contributed by atoms with Gasteiger partial charge in [0, 0.05) is 51.3 Å². The highest BCUT2D eigenvalue weighted by Gasteiger charge is 2.28. The molecule has 1 fully saturated rings. The van der Waals surface area contributed by atoms with E-state index in [2.05, 4.69) is 10.2 Å². The summed E-state index contributed by atoms with van der Waals surface area (Å²) in [5, 5.41) is 12.5. The lowest BCUT2D eigenvalue weighted by molar-refractivity contribution is -0.120. The molecule has 0 bridgehead atoms. The maximum absolute atomic E-state index is 14.1. The van der Waals surface area contributed by atoms with E-state index in [-0.39, 0.29) is 35.5 Å².